The fraction of sp³-hybridized carbons (Fsp3) is 0.286. The minimum Gasteiger partial charge on any atom is -0.349 e. The second-order valence-corrected chi connectivity index (χ2v) is 7.24. The molecular formula is C21H24N4OS. The molecule has 6 heteroatoms. The van der Waals surface area contributed by atoms with E-state index in [0.717, 1.165) is 29.5 Å². The molecule has 1 N–H and O–H groups in total. The molecule has 27 heavy (non-hydrogen) atoms. The van der Waals surface area contributed by atoms with Crippen LogP contribution in [0.2, 0.25) is 0 Å². The van der Waals surface area contributed by atoms with E-state index in [2.05, 4.69) is 39.1 Å². The molecule has 0 spiro atoms. The van der Waals surface area contributed by atoms with Gasteiger partial charge in [0.2, 0.25) is 5.91 Å². The first-order valence-corrected chi connectivity index (χ1v) is 10.1. The predicted octanol–water partition coefficient (Wildman–Crippen LogP) is 3.86. The lowest BCUT2D eigenvalue weighted by Gasteiger charge is -2.14. The number of carbonyl (C=O) groups excluding carboxylic acids is 1. The van der Waals surface area contributed by atoms with Gasteiger partial charge in [0.15, 0.2) is 5.16 Å². The van der Waals surface area contributed by atoms with Crippen LogP contribution in [0.3, 0.4) is 0 Å². The molecule has 5 nitrogen and oxygen atoms in total. The van der Waals surface area contributed by atoms with Gasteiger partial charge in [-0.3, -0.25) is 4.79 Å². The summed E-state index contributed by atoms with van der Waals surface area (Å²) in [6.45, 7) is 4.84. The largest absolute Gasteiger partial charge is 0.349 e. The van der Waals surface area contributed by atoms with Crippen LogP contribution >= 0.6 is 11.8 Å². The van der Waals surface area contributed by atoms with Gasteiger partial charge in [-0.1, -0.05) is 72.4 Å². The number of rotatable bonds is 8. The normalized spacial score (nSPS) is 11.9. The minimum absolute atomic E-state index is 0.00776. The SMILES string of the molecule is CCn1c(Cc2ccccc2)nnc1SCC(=O)NC(C)c1ccccc1. The average molecular weight is 381 g/mol. The molecule has 0 radical (unpaired) electrons. The first-order chi connectivity index (χ1) is 13.2. The molecule has 0 saturated heterocycles. The van der Waals surface area contributed by atoms with Crippen molar-refractivity contribution in [1.29, 1.82) is 0 Å². The number of amides is 1. The number of benzene rings is 2. The summed E-state index contributed by atoms with van der Waals surface area (Å²) in [4.78, 5) is 12.3. The van der Waals surface area contributed by atoms with E-state index in [4.69, 9.17) is 0 Å². The van der Waals surface area contributed by atoms with Gasteiger partial charge in [-0.25, -0.2) is 0 Å². The molecule has 0 saturated carbocycles. The molecule has 3 rings (SSSR count). The molecule has 0 aliphatic rings. The second-order valence-electron chi connectivity index (χ2n) is 6.29. The zero-order valence-corrected chi connectivity index (χ0v) is 16.4. The Morgan fingerprint density at radius 2 is 1.74 bits per heavy atom. The predicted molar refractivity (Wildman–Crippen MR) is 109 cm³/mol. The molecule has 0 fully saturated rings. The highest BCUT2D eigenvalue weighted by Gasteiger charge is 2.15. The molecule has 1 amide bonds. The maximum atomic E-state index is 12.3. The Labute approximate surface area is 164 Å². The number of aromatic nitrogens is 3. The van der Waals surface area contributed by atoms with Gasteiger partial charge < -0.3 is 9.88 Å². The first-order valence-electron chi connectivity index (χ1n) is 9.10. The lowest BCUT2D eigenvalue weighted by Crippen LogP contribution is -2.28. The van der Waals surface area contributed by atoms with Crippen molar-refractivity contribution in [3.8, 4) is 0 Å². The highest BCUT2D eigenvalue weighted by Crippen LogP contribution is 2.19. The summed E-state index contributed by atoms with van der Waals surface area (Å²) >= 11 is 1.43. The third-order valence-electron chi connectivity index (χ3n) is 4.32. The van der Waals surface area contributed by atoms with Crippen LogP contribution in [0, 0.1) is 0 Å². The average Bonchev–Trinajstić information content (AvgIpc) is 3.09. The monoisotopic (exact) mass is 380 g/mol. The molecule has 1 aromatic heterocycles. The Morgan fingerprint density at radius 1 is 1.07 bits per heavy atom. The number of hydrogen-bond acceptors (Lipinski definition) is 4. The zero-order valence-electron chi connectivity index (χ0n) is 15.6. The van der Waals surface area contributed by atoms with Gasteiger partial charge in [0.05, 0.1) is 11.8 Å². The zero-order chi connectivity index (χ0) is 19.1. The standard InChI is InChI=1S/C21H24N4OS/c1-3-25-19(14-17-10-6-4-7-11-17)23-24-21(25)27-15-20(26)22-16(2)18-12-8-5-9-13-18/h4-13,16H,3,14-15H2,1-2H3,(H,22,26). The lowest BCUT2D eigenvalue weighted by molar-refractivity contribution is -0.119. The van der Waals surface area contributed by atoms with E-state index in [9.17, 15) is 4.79 Å². The summed E-state index contributed by atoms with van der Waals surface area (Å²) in [7, 11) is 0. The minimum atomic E-state index is -0.0167. The molecule has 1 atom stereocenters. The van der Waals surface area contributed by atoms with E-state index in [1.807, 2.05) is 55.5 Å². The lowest BCUT2D eigenvalue weighted by atomic mass is 10.1. The second kappa shape index (κ2) is 9.37. The molecule has 1 unspecified atom stereocenters. The quantitative estimate of drug-likeness (QED) is 0.603. The Morgan fingerprint density at radius 3 is 2.41 bits per heavy atom. The number of hydrogen-bond donors (Lipinski definition) is 1. The van der Waals surface area contributed by atoms with Gasteiger partial charge in [0.1, 0.15) is 5.82 Å². The first kappa shape index (κ1) is 19.2. The molecule has 0 bridgehead atoms. The third kappa shape index (κ3) is 5.20. The Kier molecular flexibility index (Phi) is 6.65. The topological polar surface area (TPSA) is 59.8 Å². The summed E-state index contributed by atoms with van der Waals surface area (Å²) in [5, 5.41) is 12.4. The van der Waals surface area contributed by atoms with Gasteiger partial charge in [-0.2, -0.15) is 0 Å². The van der Waals surface area contributed by atoms with Crippen molar-refractivity contribution in [3.63, 3.8) is 0 Å². The van der Waals surface area contributed by atoms with Crippen molar-refractivity contribution in [3.05, 3.63) is 77.6 Å². The molecule has 2 aromatic carbocycles. The van der Waals surface area contributed by atoms with Crippen molar-refractivity contribution in [2.75, 3.05) is 5.75 Å². The molecule has 140 valence electrons. The van der Waals surface area contributed by atoms with Crippen molar-refractivity contribution < 1.29 is 4.79 Å². The summed E-state index contributed by atoms with van der Waals surface area (Å²) in [6.07, 6.45) is 0.736. The van der Waals surface area contributed by atoms with Crippen LogP contribution < -0.4 is 5.32 Å². The van der Waals surface area contributed by atoms with Gasteiger partial charge in [0, 0.05) is 13.0 Å². The highest BCUT2D eigenvalue weighted by atomic mass is 32.2. The van der Waals surface area contributed by atoms with E-state index in [1.165, 1.54) is 17.3 Å². The Balaban J connectivity index is 1.58. The van der Waals surface area contributed by atoms with Crippen LogP contribution in [0.4, 0.5) is 0 Å². The number of thioether (sulfide) groups is 1. The third-order valence-corrected chi connectivity index (χ3v) is 5.29. The summed E-state index contributed by atoms with van der Waals surface area (Å²) in [6, 6.07) is 20.2. The van der Waals surface area contributed by atoms with Gasteiger partial charge in [-0.05, 0) is 25.0 Å². The number of carbonyl (C=O) groups is 1. The highest BCUT2D eigenvalue weighted by molar-refractivity contribution is 7.99. The van der Waals surface area contributed by atoms with Crippen molar-refractivity contribution in [2.24, 2.45) is 0 Å². The van der Waals surface area contributed by atoms with E-state index in [0.29, 0.717) is 5.75 Å². The Hall–Kier alpha value is -2.60. The number of nitrogens with zero attached hydrogens (tertiary/aromatic N) is 3. The van der Waals surface area contributed by atoms with E-state index in [1.54, 1.807) is 0 Å². The summed E-state index contributed by atoms with van der Waals surface area (Å²) in [5.74, 6) is 1.23. The van der Waals surface area contributed by atoms with Gasteiger partial charge in [-0.15, -0.1) is 10.2 Å². The van der Waals surface area contributed by atoms with E-state index >= 15 is 0 Å². The van der Waals surface area contributed by atoms with Crippen molar-refractivity contribution in [2.45, 2.75) is 38.0 Å². The molecular weight excluding hydrogens is 356 g/mol. The Bertz CT molecular complexity index is 864. The van der Waals surface area contributed by atoms with Gasteiger partial charge >= 0.3 is 0 Å². The smallest absolute Gasteiger partial charge is 0.230 e. The fourth-order valence-corrected chi connectivity index (χ4v) is 3.72. The molecule has 1 heterocycles. The van der Waals surface area contributed by atoms with Crippen LogP contribution in [0.1, 0.15) is 36.8 Å². The van der Waals surface area contributed by atoms with Crippen LogP contribution in [-0.2, 0) is 17.8 Å². The van der Waals surface area contributed by atoms with Crippen LogP contribution in [0.5, 0.6) is 0 Å². The van der Waals surface area contributed by atoms with Crippen LogP contribution in [0.25, 0.3) is 0 Å². The maximum Gasteiger partial charge on any atom is 0.230 e. The van der Waals surface area contributed by atoms with Crippen LogP contribution in [0.15, 0.2) is 65.8 Å². The van der Waals surface area contributed by atoms with Crippen molar-refractivity contribution >= 4 is 17.7 Å². The van der Waals surface area contributed by atoms with E-state index in [-0.39, 0.29) is 11.9 Å². The molecule has 0 aliphatic heterocycles. The van der Waals surface area contributed by atoms with Crippen molar-refractivity contribution in [1.82, 2.24) is 20.1 Å². The molecule has 0 aliphatic carbocycles. The fourth-order valence-electron chi connectivity index (χ4n) is 2.89. The number of nitrogens with one attached hydrogen (secondary N) is 1. The summed E-state index contributed by atoms with van der Waals surface area (Å²) < 4.78 is 2.07. The van der Waals surface area contributed by atoms with Gasteiger partial charge in [0.25, 0.3) is 0 Å². The van der Waals surface area contributed by atoms with E-state index < -0.39 is 0 Å². The summed E-state index contributed by atoms with van der Waals surface area (Å²) in [5.41, 5.74) is 2.29. The molecule has 3 aromatic rings. The van der Waals surface area contributed by atoms with Crippen LogP contribution in [-0.4, -0.2) is 26.4 Å². The maximum absolute atomic E-state index is 12.3.